The van der Waals surface area contributed by atoms with Crippen molar-refractivity contribution in [1.29, 1.82) is 0 Å². The van der Waals surface area contributed by atoms with E-state index in [0.29, 0.717) is 6.10 Å². The molecule has 0 amide bonds. The number of ether oxygens (including phenoxy) is 1. The largest absolute Gasteiger partial charge is 0.377 e. The van der Waals surface area contributed by atoms with E-state index in [1.54, 1.807) is 0 Å². The Hall–Kier alpha value is -1.13. The topological polar surface area (TPSA) is 37.4 Å². The first kappa shape index (κ1) is 15.3. The molecule has 1 aliphatic heterocycles. The van der Waals surface area contributed by atoms with E-state index in [4.69, 9.17) is 4.74 Å². The molecule has 0 aliphatic carbocycles. The molecule has 2 heterocycles. The molecule has 0 bridgehead atoms. The molecule has 1 unspecified atom stereocenters. The standard InChI is InChI=1S/C16H27N3O/c1-3-10-20-15-6-5-9-19(13-15)12-14-7-8-16(17-4-2)18-11-14/h7-8,11,15H,3-6,9-10,12-13H2,1-2H3,(H,17,18). The normalized spacial score (nSPS) is 20.0. The lowest BCUT2D eigenvalue weighted by Gasteiger charge is -2.32. The molecule has 4 heteroatoms. The molecular weight excluding hydrogens is 250 g/mol. The van der Waals surface area contributed by atoms with E-state index >= 15 is 0 Å². The minimum atomic E-state index is 0.415. The van der Waals surface area contributed by atoms with E-state index in [1.807, 2.05) is 6.20 Å². The Labute approximate surface area is 122 Å². The Morgan fingerprint density at radius 1 is 1.40 bits per heavy atom. The van der Waals surface area contributed by atoms with E-state index < -0.39 is 0 Å². The van der Waals surface area contributed by atoms with Crippen LogP contribution >= 0.6 is 0 Å². The number of anilines is 1. The van der Waals surface area contributed by atoms with Crippen LogP contribution in [0.15, 0.2) is 18.3 Å². The zero-order valence-corrected chi connectivity index (χ0v) is 12.8. The Kier molecular flexibility index (Phi) is 6.27. The van der Waals surface area contributed by atoms with Crippen LogP contribution in [0.4, 0.5) is 5.82 Å². The summed E-state index contributed by atoms with van der Waals surface area (Å²) in [6.07, 6.45) is 5.93. The molecule has 0 saturated carbocycles. The van der Waals surface area contributed by atoms with E-state index in [9.17, 15) is 0 Å². The van der Waals surface area contributed by atoms with Crippen LogP contribution < -0.4 is 5.32 Å². The zero-order chi connectivity index (χ0) is 14.2. The lowest BCUT2D eigenvalue weighted by Crippen LogP contribution is -2.39. The van der Waals surface area contributed by atoms with E-state index in [-0.39, 0.29) is 0 Å². The van der Waals surface area contributed by atoms with Crippen LogP contribution in [0.25, 0.3) is 0 Å². The second-order valence-corrected chi connectivity index (χ2v) is 5.45. The average Bonchev–Trinajstić information content (AvgIpc) is 2.48. The van der Waals surface area contributed by atoms with Crippen LogP contribution in [0.3, 0.4) is 0 Å². The van der Waals surface area contributed by atoms with Crippen molar-refractivity contribution < 1.29 is 4.74 Å². The Morgan fingerprint density at radius 3 is 3.00 bits per heavy atom. The van der Waals surface area contributed by atoms with Crippen LogP contribution in [0, 0.1) is 0 Å². The first-order valence-corrected chi connectivity index (χ1v) is 7.84. The van der Waals surface area contributed by atoms with Gasteiger partial charge in [-0.05, 0) is 44.4 Å². The Morgan fingerprint density at radius 2 is 2.30 bits per heavy atom. The van der Waals surface area contributed by atoms with Gasteiger partial charge in [-0.2, -0.15) is 0 Å². The van der Waals surface area contributed by atoms with Gasteiger partial charge in [-0.15, -0.1) is 0 Å². The van der Waals surface area contributed by atoms with Gasteiger partial charge in [0.25, 0.3) is 0 Å². The van der Waals surface area contributed by atoms with Crippen LogP contribution in [0.2, 0.25) is 0 Å². The summed E-state index contributed by atoms with van der Waals surface area (Å²) in [5.74, 6) is 0.957. The van der Waals surface area contributed by atoms with Crippen molar-refractivity contribution in [3.63, 3.8) is 0 Å². The zero-order valence-electron chi connectivity index (χ0n) is 12.8. The predicted molar refractivity (Wildman–Crippen MR) is 82.9 cm³/mol. The molecule has 20 heavy (non-hydrogen) atoms. The van der Waals surface area contributed by atoms with Gasteiger partial charge in [0.1, 0.15) is 5.82 Å². The van der Waals surface area contributed by atoms with Gasteiger partial charge in [-0.25, -0.2) is 4.98 Å². The number of aromatic nitrogens is 1. The van der Waals surface area contributed by atoms with Gasteiger partial charge in [0.05, 0.1) is 6.10 Å². The van der Waals surface area contributed by atoms with Crippen molar-refractivity contribution in [2.75, 3.05) is 31.6 Å². The van der Waals surface area contributed by atoms with Gasteiger partial charge in [0.15, 0.2) is 0 Å². The summed E-state index contributed by atoms with van der Waals surface area (Å²) in [5.41, 5.74) is 1.28. The molecule has 1 saturated heterocycles. The monoisotopic (exact) mass is 277 g/mol. The second kappa shape index (κ2) is 8.22. The molecule has 1 atom stereocenters. The second-order valence-electron chi connectivity index (χ2n) is 5.45. The number of hydrogen-bond donors (Lipinski definition) is 1. The summed E-state index contributed by atoms with van der Waals surface area (Å²) in [6.45, 7) is 9.24. The quantitative estimate of drug-likeness (QED) is 0.831. The van der Waals surface area contributed by atoms with Crippen molar-refractivity contribution in [3.8, 4) is 0 Å². The first-order valence-electron chi connectivity index (χ1n) is 7.84. The van der Waals surface area contributed by atoms with Gasteiger partial charge in [0.2, 0.25) is 0 Å². The van der Waals surface area contributed by atoms with Crippen molar-refractivity contribution >= 4 is 5.82 Å². The Balaban J connectivity index is 1.82. The summed E-state index contributed by atoms with van der Waals surface area (Å²) in [4.78, 5) is 6.91. The molecular formula is C16H27N3O. The highest BCUT2D eigenvalue weighted by Crippen LogP contribution is 2.16. The molecule has 0 spiro atoms. The summed E-state index contributed by atoms with van der Waals surface area (Å²) in [5, 5.41) is 3.22. The number of nitrogens with one attached hydrogen (secondary N) is 1. The molecule has 1 N–H and O–H groups in total. The highest BCUT2D eigenvalue weighted by Gasteiger charge is 2.20. The van der Waals surface area contributed by atoms with Crippen molar-refractivity contribution in [2.45, 2.75) is 45.8 Å². The van der Waals surface area contributed by atoms with E-state index in [1.165, 1.54) is 24.9 Å². The number of nitrogens with zero attached hydrogens (tertiary/aromatic N) is 2. The highest BCUT2D eigenvalue weighted by molar-refractivity contribution is 5.35. The van der Waals surface area contributed by atoms with Crippen molar-refractivity contribution in [1.82, 2.24) is 9.88 Å². The summed E-state index contributed by atoms with van der Waals surface area (Å²) >= 11 is 0. The van der Waals surface area contributed by atoms with Crippen molar-refractivity contribution in [2.24, 2.45) is 0 Å². The number of likely N-dealkylation sites (tertiary alicyclic amines) is 1. The third-order valence-corrected chi connectivity index (χ3v) is 3.61. The molecule has 1 fully saturated rings. The molecule has 1 aliphatic rings. The smallest absolute Gasteiger partial charge is 0.125 e. The van der Waals surface area contributed by atoms with Gasteiger partial charge in [-0.1, -0.05) is 13.0 Å². The van der Waals surface area contributed by atoms with Gasteiger partial charge in [-0.3, -0.25) is 4.90 Å². The van der Waals surface area contributed by atoms with Gasteiger partial charge < -0.3 is 10.1 Å². The fraction of sp³-hybridized carbons (Fsp3) is 0.688. The minimum absolute atomic E-state index is 0.415. The fourth-order valence-corrected chi connectivity index (χ4v) is 2.64. The Bertz CT molecular complexity index is 380. The molecule has 1 aromatic heterocycles. The third kappa shape index (κ3) is 4.76. The van der Waals surface area contributed by atoms with Crippen LogP contribution in [-0.2, 0) is 11.3 Å². The van der Waals surface area contributed by atoms with E-state index in [2.05, 4.69) is 41.2 Å². The van der Waals surface area contributed by atoms with E-state index in [0.717, 1.165) is 38.5 Å². The molecule has 2 rings (SSSR count). The lowest BCUT2D eigenvalue weighted by atomic mass is 10.1. The van der Waals surface area contributed by atoms with Crippen molar-refractivity contribution in [3.05, 3.63) is 23.9 Å². The van der Waals surface area contributed by atoms with Crippen LogP contribution in [0.5, 0.6) is 0 Å². The number of hydrogen-bond acceptors (Lipinski definition) is 4. The number of piperidine rings is 1. The predicted octanol–water partition coefficient (Wildman–Crippen LogP) is 2.90. The molecule has 112 valence electrons. The summed E-state index contributed by atoms with van der Waals surface area (Å²) in [6, 6.07) is 4.23. The van der Waals surface area contributed by atoms with Gasteiger partial charge >= 0.3 is 0 Å². The SMILES string of the molecule is CCCOC1CCCN(Cc2ccc(NCC)nc2)C1. The fourth-order valence-electron chi connectivity index (χ4n) is 2.64. The maximum atomic E-state index is 5.88. The number of rotatable bonds is 7. The lowest BCUT2D eigenvalue weighted by molar-refractivity contribution is -0.00225. The molecule has 0 radical (unpaired) electrons. The molecule has 1 aromatic rings. The van der Waals surface area contributed by atoms with Crippen LogP contribution in [-0.4, -0.2) is 42.2 Å². The highest BCUT2D eigenvalue weighted by atomic mass is 16.5. The van der Waals surface area contributed by atoms with Gasteiger partial charge in [0, 0.05) is 32.4 Å². The average molecular weight is 277 g/mol. The first-order chi connectivity index (χ1) is 9.81. The molecule has 4 nitrogen and oxygen atoms in total. The number of pyridine rings is 1. The third-order valence-electron chi connectivity index (χ3n) is 3.61. The minimum Gasteiger partial charge on any atom is -0.377 e. The summed E-state index contributed by atoms with van der Waals surface area (Å²) in [7, 11) is 0. The maximum absolute atomic E-state index is 5.88. The maximum Gasteiger partial charge on any atom is 0.125 e. The van der Waals surface area contributed by atoms with Crippen LogP contribution in [0.1, 0.15) is 38.7 Å². The summed E-state index contributed by atoms with van der Waals surface area (Å²) < 4.78 is 5.88. The molecule has 0 aromatic carbocycles.